The van der Waals surface area contributed by atoms with Crippen LogP contribution in [0.15, 0.2) is 48.1 Å². The van der Waals surface area contributed by atoms with Crippen LogP contribution in [0.1, 0.15) is 45.6 Å². The number of carbonyl (C=O) groups is 3. The standard InChI is InChI=1S/C31H35ClFNO6S/c1-17(35)39-16-41-28(38)31-19(15-34(40-31)14-18-4-6-20(32)7-5-18)10-23-22-12-25(33)24-11-21(36)8-9-29(24,2)27(22)26(37)13-30(23,31)3/h4-9,11,19,22-23,25-27,37H,10,12-16H2,1-3H3/t19-,22-,23?,25-,26?,27?,29?,30?,31-/m0/s1. The highest BCUT2D eigenvalue weighted by molar-refractivity contribution is 8.13. The van der Waals surface area contributed by atoms with Gasteiger partial charge in [0.25, 0.3) is 0 Å². The largest absolute Gasteiger partial charge is 0.454 e. The molecule has 0 amide bonds. The molecule has 220 valence electrons. The van der Waals surface area contributed by atoms with Gasteiger partial charge < -0.3 is 9.84 Å². The number of aliphatic hydroxyl groups is 1. The van der Waals surface area contributed by atoms with E-state index in [0.717, 1.165) is 17.3 Å². The van der Waals surface area contributed by atoms with Gasteiger partial charge in [-0.3, -0.25) is 19.2 Å². The first kappa shape index (κ1) is 29.1. The van der Waals surface area contributed by atoms with Crippen molar-refractivity contribution < 1.29 is 33.5 Å². The lowest BCUT2D eigenvalue weighted by molar-refractivity contribution is -0.250. The smallest absolute Gasteiger partial charge is 0.303 e. The van der Waals surface area contributed by atoms with E-state index in [-0.39, 0.29) is 46.9 Å². The molecule has 1 N–H and O–H groups in total. The zero-order valence-corrected chi connectivity index (χ0v) is 24.9. The third kappa shape index (κ3) is 4.46. The van der Waals surface area contributed by atoms with E-state index in [1.807, 2.05) is 43.2 Å². The van der Waals surface area contributed by atoms with Gasteiger partial charge in [0.2, 0.25) is 5.12 Å². The third-order valence-corrected chi connectivity index (χ3v) is 11.6. The first-order valence-corrected chi connectivity index (χ1v) is 15.5. The average molecular weight is 604 g/mol. The molecule has 1 saturated heterocycles. The Morgan fingerprint density at radius 2 is 1.98 bits per heavy atom. The van der Waals surface area contributed by atoms with Crippen molar-refractivity contribution in [3.05, 3.63) is 58.7 Å². The molecule has 1 heterocycles. The van der Waals surface area contributed by atoms with E-state index in [1.54, 1.807) is 6.08 Å². The topological polar surface area (TPSA) is 93.1 Å². The van der Waals surface area contributed by atoms with Gasteiger partial charge in [0, 0.05) is 47.7 Å². The molecule has 10 heteroatoms. The van der Waals surface area contributed by atoms with Crippen LogP contribution in [0.25, 0.3) is 0 Å². The fraction of sp³-hybridized carbons (Fsp3) is 0.581. The van der Waals surface area contributed by atoms with Crippen molar-refractivity contribution in [2.24, 2.45) is 34.5 Å². The molecular weight excluding hydrogens is 569 g/mol. The number of rotatable bonds is 5. The van der Waals surface area contributed by atoms with Crippen LogP contribution >= 0.6 is 23.4 Å². The monoisotopic (exact) mass is 603 g/mol. The first-order chi connectivity index (χ1) is 19.4. The Hall–Kier alpha value is -2.04. The number of fused-ring (bicyclic) bond motifs is 7. The summed E-state index contributed by atoms with van der Waals surface area (Å²) in [4.78, 5) is 44.5. The maximum absolute atomic E-state index is 15.8. The summed E-state index contributed by atoms with van der Waals surface area (Å²) < 4.78 is 20.9. The van der Waals surface area contributed by atoms with Gasteiger partial charge in [0.15, 0.2) is 11.4 Å². The van der Waals surface area contributed by atoms with Gasteiger partial charge in [-0.15, -0.1) is 0 Å². The van der Waals surface area contributed by atoms with Gasteiger partial charge in [-0.2, -0.15) is 5.06 Å². The van der Waals surface area contributed by atoms with Crippen LogP contribution in [0.4, 0.5) is 4.39 Å². The Labute approximate surface area is 248 Å². The molecule has 6 rings (SSSR count). The highest BCUT2D eigenvalue weighted by atomic mass is 35.5. The van der Waals surface area contributed by atoms with Gasteiger partial charge in [0.05, 0.1) is 6.10 Å². The highest BCUT2D eigenvalue weighted by Gasteiger charge is 2.75. The van der Waals surface area contributed by atoms with E-state index in [4.69, 9.17) is 21.2 Å². The molecule has 1 aromatic carbocycles. The summed E-state index contributed by atoms with van der Waals surface area (Å²) in [6.45, 7) is 6.17. The summed E-state index contributed by atoms with van der Waals surface area (Å²) >= 11 is 6.99. The Morgan fingerprint density at radius 3 is 2.68 bits per heavy atom. The maximum atomic E-state index is 15.8. The minimum atomic E-state index is -1.31. The SMILES string of the molecule is CC(=O)OCSC(=O)[C@@]12ON(Cc3ccc(Cl)cc3)C[C@@H]1CC1[C@@H]3C[C@H](F)C4=CC(=O)C=CC4(C)C3C(O)CC12C. The fourth-order valence-corrected chi connectivity index (χ4v) is 10.1. The second-order valence-corrected chi connectivity index (χ2v) is 14.0. The number of nitrogens with zero attached hydrogens (tertiary/aromatic N) is 1. The minimum absolute atomic E-state index is 0.0838. The van der Waals surface area contributed by atoms with E-state index in [2.05, 4.69) is 0 Å². The summed E-state index contributed by atoms with van der Waals surface area (Å²) in [5, 5.41) is 14.0. The molecule has 5 aliphatic rings. The molecule has 0 radical (unpaired) electrons. The second-order valence-electron chi connectivity index (χ2n) is 12.7. The Kier molecular flexibility index (Phi) is 7.30. The number of hydrogen-bond acceptors (Lipinski definition) is 8. The Bertz CT molecular complexity index is 1340. The molecule has 5 unspecified atom stereocenters. The van der Waals surface area contributed by atoms with Crippen molar-refractivity contribution in [3.8, 4) is 0 Å². The second kappa shape index (κ2) is 10.3. The number of thioether (sulfide) groups is 1. The highest BCUT2D eigenvalue weighted by Crippen LogP contribution is 2.71. The van der Waals surface area contributed by atoms with Crippen LogP contribution in [0.3, 0.4) is 0 Å². The van der Waals surface area contributed by atoms with Crippen molar-refractivity contribution in [1.29, 1.82) is 0 Å². The number of ketones is 1. The molecule has 41 heavy (non-hydrogen) atoms. The van der Waals surface area contributed by atoms with Crippen molar-refractivity contribution in [3.63, 3.8) is 0 Å². The predicted octanol–water partition coefficient (Wildman–Crippen LogP) is 5.06. The number of allylic oxidation sites excluding steroid dienone is 4. The summed E-state index contributed by atoms with van der Waals surface area (Å²) in [5.41, 5.74) is -1.42. The number of alkyl halides is 1. The van der Waals surface area contributed by atoms with Gasteiger partial charge in [-0.25, -0.2) is 4.39 Å². The van der Waals surface area contributed by atoms with Gasteiger partial charge in [-0.05, 0) is 78.3 Å². The summed E-state index contributed by atoms with van der Waals surface area (Å²) in [5.74, 6) is -1.61. The lowest BCUT2D eigenvalue weighted by atomic mass is 9.46. The Morgan fingerprint density at radius 1 is 1.24 bits per heavy atom. The molecule has 0 aromatic heterocycles. The van der Waals surface area contributed by atoms with E-state index < -0.39 is 34.7 Å². The molecule has 0 bridgehead atoms. The zero-order chi connectivity index (χ0) is 29.3. The lowest BCUT2D eigenvalue weighted by Crippen LogP contribution is -2.63. The summed E-state index contributed by atoms with van der Waals surface area (Å²) in [6, 6.07) is 7.46. The fourth-order valence-electron chi connectivity index (χ4n) is 8.95. The number of carbonyl (C=O) groups excluding carboxylic acids is 3. The van der Waals surface area contributed by atoms with Crippen molar-refractivity contribution >= 4 is 40.2 Å². The number of hydrogen-bond donors (Lipinski definition) is 1. The first-order valence-electron chi connectivity index (χ1n) is 14.2. The van der Waals surface area contributed by atoms with E-state index in [9.17, 15) is 19.5 Å². The lowest BCUT2D eigenvalue weighted by Gasteiger charge is -2.60. The number of benzene rings is 1. The van der Waals surface area contributed by atoms with Crippen LogP contribution in [0.2, 0.25) is 5.02 Å². The molecule has 1 aromatic rings. The Balaban J connectivity index is 1.35. The predicted molar refractivity (Wildman–Crippen MR) is 152 cm³/mol. The normalized spacial score (nSPS) is 41.2. The number of esters is 1. The zero-order valence-electron chi connectivity index (χ0n) is 23.3. The van der Waals surface area contributed by atoms with Crippen LogP contribution in [-0.2, 0) is 30.5 Å². The number of aliphatic hydroxyl groups excluding tert-OH is 1. The molecule has 4 fully saturated rings. The quantitative estimate of drug-likeness (QED) is 0.369. The van der Waals surface area contributed by atoms with E-state index in [1.165, 1.54) is 19.1 Å². The van der Waals surface area contributed by atoms with Crippen LogP contribution in [0.5, 0.6) is 0 Å². The molecule has 9 atom stereocenters. The molecular formula is C31H35ClFNO6S. The minimum Gasteiger partial charge on any atom is -0.454 e. The van der Waals surface area contributed by atoms with Crippen LogP contribution < -0.4 is 0 Å². The summed E-state index contributed by atoms with van der Waals surface area (Å²) in [6.07, 6.45) is 3.65. The van der Waals surface area contributed by atoms with Crippen molar-refractivity contribution in [1.82, 2.24) is 5.06 Å². The van der Waals surface area contributed by atoms with E-state index in [0.29, 0.717) is 36.5 Å². The van der Waals surface area contributed by atoms with Crippen molar-refractivity contribution in [2.75, 3.05) is 12.5 Å². The molecule has 0 spiro atoms. The van der Waals surface area contributed by atoms with Gasteiger partial charge >= 0.3 is 5.97 Å². The molecule has 7 nitrogen and oxygen atoms in total. The van der Waals surface area contributed by atoms with Gasteiger partial charge in [-0.1, -0.05) is 43.7 Å². The number of halogens is 2. The van der Waals surface area contributed by atoms with Crippen LogP contribution in [-0.4, -0.2) is 57.4 Å². The van der Waals surface area contributed by atoms with Gasteiger partial charge in [0.1, 0.15) is 12.1 Å². The van der Waals surface area contributed by atoms with E-state index >= 15 is 4.39 Å². The maximum Gasteiger partial charge on any atom is 0.303 e. The third-order valence-electron chi connectivity index (χ3n) is 10.6. The molecule has 1 aliphatic heterocycles. The van der Waals surface area contributed by atoms with Crippen LogP contribution in [0, 0.1) is 34.5 Å². The van der Waals surface area contributed by atoms with Crippen molar-refractivity contribution in [2.45, 2.75) is 64.5 Å². The number of ether oxygens (including phenoxy) is 1. The average Bonchev–Trinajstić information content (AvgIpc) is 3.38. The number of hydroxylamine groups is 2. The molecule has 3 saturated carbocycles. The summed E-state index contributed by atoms with van der Waals surface area (Å²) in [7, 11) is 0. The molecule has 4 aliphatic carbocycles.